The lowest BCUT2D eigenvalue weighted by atomic mass is 10.0. The number of carboxylic acids is 1. The van der Waals surface area contributed by atoms with Gasteiger partial charge >= 0.3 is 5.97 Å². The minimum absolute atomic E-state index is 0.337. The normalized spacial score (nSPS) is 16.1. The van der Waals surface area contributed by atoms with E-state index in [4.69, 9.17) is 35.7 Å². The van der Waals surface area contributed by atoms with Crippen molar-refractivity contribution in [2.45, 2.75) is 69.9 Å². The Morgan fingerprint density at radius 2 is 1.23 bits per heavy atom. The summed E-state index contributed by atoms with van der Waals surface area (Å²) in [5.41, 5.74) is 0. The first-order valence-electron chi connectivity index (χ1n) is 7.47. The number of aliphatic hydroxyl groups is 6. The molecular weight excluding hydrogens is 296 g/mol. The van der Waals surface area contributed by atoms with Gasteiger partial charge in [0.05, 0.1) is 13.2 Å². The van der Waals surface area contributed by atoms with E-state index in [0.717, 1.165) is 12.8 Å². The lowest BCUT2D eigenvalue weighted by Crippen LogP contribution is -2.46. The number of aliphatic hydroxyl groups excluding tert-OH is 6. The van der Waals surface area contributed by atoms with Gasteiger partial charge in [0.2, 0.25) is 0 Å². The highest BCUT2D eigenvalue weighted by Crippen LogP contribution is 2.04. The molecule has 0 aromatic heterocycles. The van der Waals surface area contributed by atoms with E-state index >= 15 is 0 Å². The molecule has 0 saturated heterocycles. The molecule has 0 unspecified atom stereocenters. The highest BCUT2D eigenvalue weighted by atomic mass is 16.4. The molecule has 0 fully saturated rings. The third kappa shape index (κ3) is 12.9. The van der Waals surface area contributed by atoms with Crippen molar-refractivity contribution in [2.75, 3.05) is 13.2 Å². The van der Waals surface area contributed by atoms with Crippen LogP contribution in [0.3, 0.4) is 0 Å². The second-order valence-electron chi connectivity index (χ2n) is 5.04. The van der Waals surface area contributed by atoms with Gasteiger partial charge < -0.3 is 35.7 Å². The fraction of sp³-hybridized carbons (Fsp3) is 0.929. The highest BCUT2D eigenvalue weighted by molar-refractivity contribution is 5.66. The molecule has 0 aromatic carbocycles. The summed E-state index contributed by atoms with van der Waals surface area (Å²) in [5.74, 6) is -0.670. The smallest absolute Gasteiger partial charge is 0.303 e. The Kier molecular flexibility index (Phi) is 16.2. The molecule has 22 heavy (non-hydrogen) atoms. The van der Waals surface area contributed by atoms with Crippen LogP contribution in [0.1, 0.15) is 45.4 Å². The molecule has 0 radical (unpaired) electrons. The van der Waals surface area contributed by atoms with E-state index in [-0.39, 0.29) is 0 Å². The third-order valence-corrected chi connectivity index (χ3v) is 3.01. The molecule has 134 valence electrons. The predicted molar refractivity (Wildman–Crippen MR) is 79.2 cm³/mol. The van der Waals surface area contributed by atoms with Crippen LogP contribution in [0.15, 0.2) is 0 Å². The molecule has 0 saturated carbocycles. The number of carboxylic acid groups (broad SMARTS) is 1. The van der Waals surface area contributed by atoms with Gasteiger partial charge in [-0.15, -0.1) is 0 Å². The molecule has 0 amide bonds. The molecule has 8 heteroatoms. The minimum atomic E-state index is -1.67. The van der Waals surface area contributed by atoms with Gasteiger partial charge in [-0.2, -0.15) is 0 Å². The Hall–Kier alpha value is -0.770. The van der Waals surface area contributed by atoms with Gasteiger partial charge in [0.1, 0.15) is 24.4 Å². The SMILES string of the molecule is CCCCCCCC(=O)O.OC[C@@H](O)[C@@H](O)[C@H](O)[C@@H](O)CO. The van der Waals surface area contributed by atoms with Crippen LogP contribution in [0.5, 0.6) is 0 Å². The first-order chi connectivity index (χ1) is 10.3. The van der Waals surface area contributed by atoms with Crippen molar-refractivity contribution >= 4 is 5.97 Å². The summed E-state index contributed by atoms with van der Waals surface area (Å²) in [5, 5.41) is 60.4. The van der Waals surface area contributed by atoms with Crippen LogP contribution in [0.25, 0.3) is 0 Å². The maximum absolute atomic E-state index is 10.0. The van der Waals surface area contributed by atoms with Gasteiger partial charge in [-0.25, -0.2) is 0 Å². The molecule has 0 rings (SSSR count). The van der Waals surface area contributed by atoms with E-state index in [1.807, 2.05) is 0 Å². The molecule has 0 aliphatic heterocycles. The van der Waals surface area contributed by atoms with Crippen molar-refractivity contribution in [3.05, 3.63) is 0 Å². The predicted octanol–water partition coefficient (Wildman–Crippen LogP) is -1.15. The Morgan fingerprint density at radius 3 is 1.55 bits per heavy atom. The second-order valence-corrected chi connectivity index (χ2v) is 5.04. The summed E-state index contributed by atoms with van der Waals surface area (Å²) >= 11 is 0. The number of hydrogen-bond acceptors (Lipinski definition) is 7. The summed E-state index contributed by atoms with van der Waals surface area (Å²) in [7, 11) is 0. The average molecular weight is 326 g/mol. The molecule has 0 aliphatic rings. The monoisotopic (exact) mass is 326 g/mol. The van der Waals surface area contributed by atoms with Gasteiger partial charge in [-0.3, -0.25) is 4.79 Å². The molecule has 0 spiro atoms. The zero-order valence-electron chi connectivity index (χ0n) is 13.0. The number of hydrogen-bond donors (Lipinski definition) is 7. The number of rotatable bonds is 11. The third-order valence-electron chi connectivity index (χ3n) is 3.01. The van der Waals surface area contributed by atoms with Crippen molar-refractivity contribution in [3.63, 3.8) is 0 Å². The lowest BCUT2D eigenvalue weighted by molar-refractivity contribution is -0.137. The quantitative estimate of drug-likeness (QED) is 0.234. The fourth-order valence-corrected chi connectivity index (χ4v) is 1.55. The first-order valence-corrected chi connectivity index (χ1v) is 7.47. The van der Waals surface area contributed by atoms with Gasteiger partial charge in [0.25, 0.3) is 0 Å². The Morgan fingerprint density at radius 1 is 0.818 bits per heavy atom. The van der Waals surface area contributed by atoms with Crippen LogP contribution in [-0.4, -0.2) is 79.3 Å². The molecule has 0 aromatic rings. The second kappa shape index (κ2) is 15.1. The average Bonchev–Trinajstić information content (AvgIpc) is 2.51. The molecule has 0 heterocycles. The van der Waals surface area contributed by atoms with E-state index in [9.17, 15) is 4.79 Å². The van der Waals surface area contributed by atoms with Crippen LogP contribution >= 0.6 is 0 Å². The zero-order chi connectivity index (χ0) is 17.5. The van der Waals surface area contributed by atoms with Crippen LogP contribution in [0.4, 0.5) is 0 Å². The number of carbonyl (C=O) groups is 1. The number of aliphatic carboxylic acids is 1. The van der Waals surface area contributed by atoms with Crippen molar-refractivity contribution in [1.82, 2.24) is 0 Å². The Labute approximate surface area is 130 Å². The highest BCUT2D eigenvalue weighted by Gasteiger charge is 2.29. The number of unbranched alkanes of at least 4 members (excludes halogenated alkanes) is 4. The molecular formula is C14H30O8. The summed E-state index contributed by atoms with van der Waals surface area (Å²) in [6.07, 6.45) is -0.507. The topological polar surface area (TPSA) is 159 Å². The molecule has 4 atom stereocenters. The van der Waals surface area contributed by atoms with Crippen molar-refractivity contribution in [1.29, 1.82) is 0 Å². The fourth-order valence-electron chi connectivity index (χ4n) is 1.55. The van der Waals surface area contributed by atoms with Crippen molar-refractivity contribution < 1.29 is 40.5 Å². The van der Waals surface area contributed by atoms with Gasteiger partial charge in [-0.1, -0.05) is 32.6 Å². The summed E-state index contributed by atoms with van der Waals surface area (Å²) in [6.45, 7) is 0.698. The van der Waals surface area contributed by atoms with Gasteiger partial charge in [-0.05, 0) is 6.42 Å². The van der Waals surface area contributed by atoms with E-state index in [1.54, 1.807) is 0 Å². The first kappa shape index (κ1) is 23.5. The lowest BCUT2D eigenvalue weighted by Gasteiger charge is -2.24. The Balaban J connectivity index is 0. The maximum atomic E-state index is 10.0. The van der Waals surface area contributed by atoms with Crippen molar-refractivity contribution in [2.24, 2.45) is 0 Å². The van der Waals surface area contributed by atoms with Crippen LogP contribution < -0.4 is 0 Å². The molecule has 0 bridgehead atoms. The minimum Gasteiger partial charge on any atom is -0.481 e. The van der Waals surface area contributed by atoms with Crippen LogP contribution in [0.2, 0.25) is 0 Å². The summed E-state index contributed by atoms with van der Waals surface area (Å²) in [6, 6.07) is 0. The summed E-state index contributed by atoms with van der Waals surface area (Å²) < 4.78 is 0. The standard InChI is InChI=1S/C8H16O2.C6H14O6/c1-2-3-4-5-6-7-8(9)10;7-1-3(9)5(11)6(12)4(10)2-8/h2-7H2,1H3,(H,9,10);3-12H,1-2H2/t;3-,4+,5-,6-/m.1/s1. The molecule has 0 aliphatic carbocycles. The van der Waals surface area contributed by atoms with Crippen LogP contribution in [-0.2, 0) is 4.79 Å². The van der Waals surface area contributed by atoms with E-state index in [1.165, 1.54) is 19.3 Å². The molecule has 7 N–H and O–H groups in total. The van der Waals surface area contributed by atoms with Crippen molar-refractivity contribution in [3.8, 4) is 0 Å². The largest absolute Gasteiger partial charge is 0.481 e. The molecule has 8 nitrogen and oxygen atoms in total. The van der Waals surface area contributed by atoms with Crippen LogP contribution in [0, 0.1) is 0 Å². The van der Waals surface area contributed by atoms with E-state index in [2.05, 4.69) is 6.92 Å². The summed E-state index contributed by atoms with van der Waals surface area (Å²) in [4.78, 5) is 10.0. The zero-order valence-corrected chi connectivity index (χ0v) is 13.0. The van der Waals surface area contributed by atoms with Gasteiger partial charge in [0.15, 0.2) is 0 Å². The Bertz CT molecular complexity index is 247. The van der Waals surface area contributed by atoms with Gasteiger partial charge in [0, 0.05) is 6.42 Å². The maximum Gasteiger partial charge on any atom is 0.303 e. The van der Waals surface area contributed by atoms with E-state index < -0.39 is 43.6 Å². The van der Waals surface area contributed by atoms with E-state index in [0.29, 0.717) is 6.42 Å².